The summed E-state index contributed by atoms with van der Waals surface area (Å²) in [6.45, 7) is 0. The van der Waals surface area contributed by atoms with E-state index in [1.54, 1.807) is 7.11 Å². The number of methoxy groups -OCH3 is 1. The molecule has 0 N–H and O–H groups in total. The van der Waals surface area contributed by atoms with Crippen molar-refractivity contribution in [1.82, 2.24) is 0 Å². The van der Waals surface area contributed by atoms with Crippen molar-refractivity contribution in [3.63, 3.8) is 0 Å². The number of hydrogen-bond acceptors (Lipinski definition) is 2. The molecule has 2 aliphatic carbocycles. The van der Waals surface area contributed by atoms with Crippen molar-refractivity contribution in [3.8, 4) is 5.75 Å². The van der Waals surface area contributed by atoms with Gasteiger partial charge in [-0.3, -0.25) is 4.79 Å². The maximum Gasteiger partial charge on any atom is 0.167 e. The Kier molecular flexibility index (Phi) is 2.46. The Morgan fingerprint density at radius 2 is 1.94 bits per heavy atom. The van der Waals surface area contributed by atoms with E-state index in [1.807, 2.05) is 12.1 Å². The Labute approximate surface area is 102 Å². The van der Waals surface area contributed by atoms with Gasteiger partial charge in [0.25, 0.3) is 0 Å². The minimum absolute atomic E-state index is 0.138. The van der Waals surface area contributed by atoms with Crippen LogP contribution in [-0.4, -0.2) is 12.9 Å². The molecular weight excluding hydrogens is 212 g/mol. The molecule has 0 bridgehead atoms. The number of rotatable bonds is 1. The zero-order valence-electron chi connectivity index (χ0n) is 10.3. The normalized spacial score (nSPS) is 21.6. The Bertz CT molecular complexity index is 456. The van der Waals surface area contributed by atoms with Gasteiger partial charge in [-0.05, 0) is 24.5 Å². The Morgan fingerprint density at radius 3 is 2.65 bits per heavy atom. The standard InChI is InChI=1S/C15H18O2/c1-17-13-7-5-6-11-14(13)12(16)10-15(11)8-3-2-4-9-15/h5-7H,2-4,8-10H2,1H3. The summed E-state index contributed by atoms with van der Waals surface area (Å²) in [6.07, 6.45) is 6.85. The van der Waals surface area contributed by atoms with Gasteiger partial charge in [0.05, 0.1) is 12.7 Å². The third kappa shape index (κ3) is 1.50. The van der Waals surface area contributed by atoms with Gasteiger partial charge in [-0.15, -0.1) is 0 Å². The molecule has 1 saturated carbocycles. The van der Waals surface area contributed by atoms with Crippen LogP contribution in [0.3, 0.4) is 0 Å². The summed E-state index contributed by atoms with van der Waals surface area (Å²) < 4.78 is 5.34. The maximum absolute atomic E-state index is 12.2. The molecule has 3 rings (SSSR count). The van der Waals surface area contributed by atoms with Gasteiger partial charge in [0, 0.05) is 11.8 Å². The molecule has 1 spiro atoms. The van der Waals surface area contributed by atoms with E-state index in [-0.39, 0.29) is 11.2 Å². The maximum atomic E-state index is 12.2. The van der Waals surface area contributed by atoms with Gasteiger partial charge in [0.1, 0.15) is 5.75 Å². The van der Waals surface area contributed by atoms with Crippen LogP contribution in [0.1, 0.15) is 54.4 Å². The molecule has 0 unspecified atom stereocenters. The summed E-state index contributed by atoms with van der Waals surface area (Å²) in [4.78, 5) is 12.2. The minimum Gasteiger partial charge on any atom is -0.496 e. The molecule has 0 saturated heterocycles. The highest BCUT2D eigenvalue weighted by Gasteiger charge is 2.44. The van der Waals surface area contributed by atoms with Crippen molar-refractivity contribution in [3.05, 3.63) is 29.3 Å². The summed E-state index contributed by atoms with van der Waals surface area (Å²) in [5.74, 6) is 1.04. The fourth-order valence-corrected chi connectivity index (χ4v) is 3.60. The molecule has 1 fully saturated rings. The predicted molar refractivity (Wildman–Crippen MR) is 66.7 cm³/mol. The smallest absolute Gasteiger partial charge is 0.167 e. The van der Waals surface area contributed by atoms with Gasteiger partial charge in [0.2, 0.25) is 0 Å². The van der Waals surface area contributed by atoms with Crippen molar-refractivity contribution in [2.45, 2.75) is 43.9 Å². The van der Waals surface area contributed by atoms with E-state index in [2.05, 4.69) is 6.07 Å². The summed E-state index contributed by atoms with van der Waals surface area (Å²) in [6, 6.07) is 6.05. The zero-order chi connectivity index (χ0) is 11.9. The Morgan fingerprint density at radius 1 is 1.18 bits per heavy atom. The second-order valence-electron chi connectivity index (χ2n) is 5.32. The number of ether oxygens (including phenoxy) is 1. The van der Waals surface area contributed by atoms with Crippen LogP contribution in [0, 0.1) is 0 Å². The molecule has 1 aromatic carbocycles. The number of hydrogen-bond donors (Lipinski definition) is 0. The monoisotopic (exact) mass is 230 g/mol. The van der Waals surface area contributed by atoms with Gasteiger partial charge in [-0.1, -0.05) is 31.4 Å². The van der Waals surface area contributed by atoms with Crippen LogP contribution in [-0.2, 0) is 5.41 Å². The Hall–Kier alpha value is -1.31. The van der Waals surface area contributed by atoms with E-state index in [9.17, 15) is 4.79 Å². The van der Waals surface area contributed by atoms with Crippen LogP contribution in [0.15, 0.2) is 18.2 Å². The van der Waals surface area contributed by atoms with E-state index < -0.39 is 0 Å². The first kappa shape index (κ1) is 10.8. The van der Waals surface area contributed by atoms with Crippen molar-refractivity contribution in [2.24, 2.45) is 0 Å². The van der Waals surface area contributed by atoms with Gasteiger partial charge in [0.15, 0.2) is 5.78 Å². The summed E-state index contributed by atoms with van der Waals surface area (Å²) in [7, 11) is 1.65. The van der Waals surface area contributed by atoms with Crippen LogP contribution in [0.4, 0.5) is 0 Å². The predicted octanol–water partition coefficient (Wildman–Crippen LogP) is 3.48. The molecule has 0 amide bonds. The lowest BCUT2D eigenvalue weighted by Gasteiger charge is -2.33. The van der Waals surface area contributed by atoms with Crippen molar-refractivity contribution >= 4 is 5.78 Å². The topological polar surface area (TPSA) is 26.3 Å². The molecule has 17 heavy (non-hydrogen) atoms. The van der Waals surface area contributed by atoms with E-state index in [0.29, 0.717) is 6.42 Å². The molecule has 0 aliphatic heterocycles. The van der Waals surface area contributed by atoms with Crippen LogP contribution in [0.5, 0.6) is 5.75 Å². The summed E-state index contributed by atoms with van der Waals surface area (Å²) in [5.41, 5.74) is 2.25. The van der Waals surface area contributed by atoms with Gasteiger partial charge in [-0.2, -0.15) is 0 Å². The highest BCUT2D eigenvalue weighted by atomic mass is 16.5. The largest absolute Gasteiger partial charge is 0.496 e. The minimum atomic E-state index is 0.138. The first-order chi connectivity index (χ1) is 8.27. The molecule has 2 nitrogen and oxygen atoms in total. The van der Waals surface area contributed by atoms with Gasteiger partial charge >= 0.3 is 0 Å². The number of carbonyl (C=O) groups is 1. The molecule has 0 heterocycles. The van der Waals surface area contributed by atoms with Crippen molar-refractivity contribution < 1.29 is 9.53 Å². The Balaban J connectivity index is 2.13. The van der Waals surface area contributed by atoms with Gasteiger partial charge in [-0.25, -0.2) is 0 Å². The first-order valence-corrected chi connectivity index (χ1v) is 6.47. The first-order valence-electron chi connectivity index (χ1n) is 6.47. The molecule has 1 aromatic rings. The zero-order valence-corrected chi connectivity index (χ0v) is 10.3. The van der Waals surface area contributed by atoms with Crippen LogP contribution in [0.25, 0.3) is 0 Å². The average Bonchev–Trinajstić information content (AvgIpc) is 2.64. The van der Waals surface area contributed by atoms with Crippen LogP contribution >= 0.6 is 0 Å². The number of benzene rings is 1. The number of carbonyl (C=O) groups excluding carboxylic acids is 1. The third-order valence-corrected chi connectivity index (χ3v) is 4.41. The molecule has 0 radical (unpaired) electrons. The SMILES string of the molecule is COc1cccc2c1C(=O)CC21CCCCC1. The molecule has 2 aliphatic rings. The van der Waals surface area contributed by atoms with Crippen LogP contribution in [0.2, 0.25) is 0 Å². The fraction of sp³-hybridized carbons (Fsp3) is 0.533. The van der Waals surface area contributed by atoms with E-state index in [1.165, 1.54) is 37.7 Å². The highest BCUT2D eigenvalue weighted by Crippen LogP contribution is 2.50. The lowest BCUT2D eigenvalue weighted by atomic mass is 9.70. The number of fused-ring (bicyclic) bond motifs is 2. The lowest BCUT2D eigenvalue weighted by Crippen LogP contribution is -2.26. The van der Waals surface area contributed by atoms with E-state index in [4.69, 9.17) is 4.74 Å². The second kappa shape index (κ2) is 3.86. The molecular formula is C15H18O2. The highest BCUT2D eigenvalue weighted by molar-refractivity contribution is 6.04. The van der Waals surface area contributed by atoms with Crippen LogP contribution < -0.4 is 4.74 Å². The molecule has 0 aromatic heterocycles. The quantitative estimate of drug-likeness (QED) is 0.738. The van der Waals surface area contributed by atoms with E-state index in [0.717, 1.165) is 11.3 Å². The fourth-order valence-electron chi connectivity index (χ4n) is 3.60. The number of Topliss-reactive ketones (excluding diaryl/α,β-unsaturated/α-hetero) is 1. The molecule has 90 valence electrons. The second-order valence-corrected chi connectivity index (χ2v) is 5.32. The van der Waals surface area contributed by atoms with Crippen molar-refractivity contribution in [2.75, 3.05) is 7.11 Å². The molecule has 2 heteroatoms. The van der Waals surface area contributed by atoms with Gasteiger partial charge < -0.3 is 4.74 Å². The molecule has 0 atom stereocenters. The van der Waals surface area contributed by atoms with E-state index >= 15 is 0 Å². The summed E-state index contributed by atoms with van der Waals surface area (Å²) in [5, 5.41) is 0. The third-order valence-electron chi connectivity index (χ3n) is 4.41. The van der Waals surface area contributed by atoms with Crippen molar-refractivity contribution in [1.29, 1.82) is 0 Å². The summed E-state index contributed by atoms with van der Waals surface area (Å²) >= 11 is 0. The number of ketones is 1. The average molecular weight is 230 g/mol. The lowest BCUT2D eigenvalue weighted by molar-refractivity contribution is 0.0960.